The number of benzene rings is 2. The molecule has 0 aliphatic carbocycles. The lowest BCUT2D eigenvalue weighted by molar-refractivity contribution is -0.123. The van der Waals surface area contributed by atoms with Crippen LogP contribution in [-0.2, 0) is 17.6 Å². The van der Waals surface area contributed by atoms with E-state index in [0.29, 0.717) is 0 Å². The molecular weight excluding hydrogens is 342 g/mol. The maximum absolute atomic E-state index is 12.2. The van der Waals surface area contributed by atoms with Gasteiger partial charge in [0.2, 0.25) is 0 Å². The van der Waals surface area contributed by atoms with Crippen LogP contribution >= 0.6 is 11.3 Å². The summed E-state index contributed by atoms with van der Waals surface area (Å²) in [5.74, 6) is 0.666. The SMILES string of the molecule is CC(Cc1ccsc1)NC(=O)COc1ccccc1Cc1ccccc1. The molecule has 134 valence electrons. The Balaban J connectivity index is 1.53. The Hall–Kier alpha value is -2.59. The fraction of sp³-hybridized carbons (Fsp3) is 0.227. The van der Waals surface area contributed by atoms with Gasteiger partial charge < -0.3 is 10.1 Å². The molecule has 3 aromatic rings. The van der Waals surface area contributed by atoms with Crippen molar-refractivity contribution in [2.45, 2.75) is 25.8 Å². The quantitative estimate of drug-likeness (QED) is 0.640. The summed E-state index contributed by atoms with van der Waals surface area (Å²) >= 11 is 1.67. The molecule has 1 N–H and O–H groups in total. The topological polar surface area (TPSA) is 38.3 Å². The Bertz CT molecular complexity index is 815. The molecule has 0 spiro atoms. The number of carbonyl (C=O) groups excluding carboxylic acids is 1. The molecule has 0 aliphatic heterocycles. The third kappa shape index (κ3) is 5.46. The van der Waals surface area contributed by atoms with E-state index in [2.05, 4.69) is 34.3 Å². The van der Waals surface area contributed by atoms with Gasteiger partial charge in [-0.2, -0.15) is 11.3 Å². The monoisotopic (exact) mass is 365 g/mol. The number of nitrogens with one attached hydrogen (secondary N) is 1. The smallest absolute Gasteiger partial charge is 0.258 e. The first-order valence-corrected chi connectivity index (χ1v) is 9.70. The van der Waals surface area contributed by atoms with Crippen LogP contribution in [0.25, 0.3) is 0 Å². The summed E-state index contributed by atoms with van der Waals surface area (Å²) in [5.41, 5.74) is 3.55. The number of ether oxygens (including phenoxy) is 1. The van der Waals surface area contributed by atoms with Gasteiger partial charge in [-0.05, 0) is 52.9 Å². The standard InChI is InChI=1S/C22H23NO2S/c1-17(13-19-11-12-26-16-19)23-22(24)15-25-21-10-6-5-9-20(21)14-18-7-3-2-4-8-18/h2-12,16-17H,13-15H2,1H3,(H,23,24). The molecule has 1 aromatic heterocycles. The van der Waals surface area contributed by atoms with Crippen LogP contribution < -0.4 is 10.1 Å². The van der Waals surface area contributed by atoms with Crippen molar-refractivity contribution in [1.82, 2.24) is 5.32 Å². The molecule has 1 amide bonds. The van der Waals surface area contributed by atoms with E-state index < -0.39 is 0 Å². The molecule has 3 nitrogen and oxygen atoms in total. The molecule has 0 saturated carbocycles. The van der Waals surface area contributed by atoms with Crippen LogP contribution in [0.15, 0.2) is 71.4 Å². The third-order valence-electron chi connectivity index (χ3n) is 4.10. The van der Waals surface area contributed by atoms with Crippen molar-refractivity contribution < 1.29 is 9.53 Å². The van der Waals surface area contributed by atoms with Crippen LogP contribution in [0.1, 0.15) is 23.6 Å². The number of hydrogen-bond donors (Lipinski definition) is 1. The Morgan fingerprint density at radius 1 is 1.04 bits per heavy atom. The maximum atomic E-state index is 12.2. The molecule has 0 bridgehead atoms. The second kappa shape index (κ2) is 9.20. The average Bonchev–Trinajstić information content (AvgIpc) is 3.14. The molecule has 2 aromatic carbocycles. The molecule has 0 fully saturated rings. The van der Waals surface area contributed by atoms with Gasteiger partial charge in [-0.25, -0.2) is 0 Å². The van der Waals surface area contributed by atoms with E-state index in [-0.39, 0.29) is 18.6 Å². The molecule has 1 atom stereocenters. The second-order valence-corrected chi connectivity index (χ2v) is 7.14. The van der Waals surface area contributed by atoms with Crippen molar-refractivity contribution in [1.29, 1.82) is 0 Å². The highest BCUT2D eigenvalue weighted by atomic mass is 32.1. The van der Waals surface area contributed by atoms with E-state index in [1.165, 1.54) is 11.1 Å². The Morgan fingerprint density at radius 3 is 2.58 bits per heavy atom. The van der Waals surface area contributed by atoms with Gasteiger partial charge in [0.15, 0.2) is 6.61 Å². The van der Waals surface area contributed by atoms with Gasteiger partial charge in [0, 0.05) is 12.5 Å². The zero-order valence-electron chi connectivity index (χ0n) is 14.9. The Labute approximate surface area is 158 Å². The highest BCUT2D eigenvalue weighted by Gasteiger charge is 2.11. The molecule has 0 aliphatic rings. The van der Waals surface area contributed by atoms with E-state index in [4.69, 9.17) is 4.74 Å². The average molecular weight is 365 g/mol. The first-order chi connectivity index (χ1) is 12.7. The van der Waals surface area contributed by atoms with Crippen molar-refractivity contribution in [3.8, 4) is 5.75 Å². The van der Waals surface area contributed by atoms with Crippen molar-refractivity contribution in [3.05, 3.63) is 88.1 Å². The van der Waals surface area contributed by atoms with Gasteiger partial charge in [0.25, 0.3) is 5.91 Å². The summed E-state index contributed by atoms with van der Waals surface area (Å²) in [6.45, 7) is 2.04. The molecular formula is C22H23NO2S. The molecule has 26 heavy (non-hydrogen) atoms. The predicted molar refractivity (Wildman–Crippen MR) is 107 cm³/mol. The summed E-state index contributed by atoms with van der Waals surface area (Å²) in [6.07, 6.45) is 1.62. The second-order valence-electron chi connectivity index (χ2n) is 6.36. The normalized spacial score (nSPS) is 11.7. The van der Waals surface area contributed by atoms with Crippen molar-refractivity contribution in [2.75, 3.05) is 6.61 Å². The number of carbonyl (C=O) groups is 1. The third-order valence-corrected chi connectivity index (χ3v) is 4.83. The first-order valence-electron chi connectivity index (χ1n) is 8.76. The van der Waals surface area contributed by atoms with Gasteiger partial charge in [-0.3, -0.25) is 4.79 Å². The van der Waals surface area contributed by atoms with Gasteiger partial charge in [0.1, 0.15) is 5.75 Å². The van der Waals surface area contributed by atoms with Crippen LogP contribution in [0.3, 0.4) is 0 Å². The van der Waals surface area contributed by atoms with Crippen molar-refractivity contribution >= 4 is 17.2 Å². The van der Waals surface area contributed by atoms with Crippen LogP contribution in [-0.4, -0.2) is 18.6 Å². The number of amides is 1. The number of rotatable bonds is 8. The minimum absolute atomic E-state index is 0.0276. The molecule has 1 unspecified atom stereocenters. The predicted octanol–water partition coefficient (Wildman–Crippen LogP) is 4.47. The van der Waals surface area contributed by atoms with Crippen molar-refractivity contribution in [2.24, 2.45) is 0 Å². The van der Waals surface area contributed by atoms with Gasteiger partial charge in [0.05, 0.1) is 0 Å². The molecule has 3 rings (SSSR count). The van der Waals surface area contributed by atoms with E-state index in [1.807, 2.05) is 49.4 Å². The fourth-order valence-corrected chi connectivity index (χ4v) is 3.56. The molecule has 0 saturated heterocycles. The van der Waals surface area contributed by atoms with E-state index in [0.717, 1.165) is 24.2 Å². The Morgan fingerprint density at radius 2 is 1.81 bits per heavy atom. The minimum Gasteiger partial charge on any atom is -0.483 e. The number of para-hydroxylation sites is 1. The van der Waals surface area contributed by atoms with Crippen LogP contribution in [0, 0.1) is 0 Å². The summed E-state index contributed by atoms with van der Waals surface area (Å²) < 4.78 is 5.80. The summed E-state index contributed by atoms with van der Waals surface area (Å²) in [7, 11) is 0. The lowest BCUT2D eigenvalue weighted by Crippen LogP contribution is -2.37. The Kier molecular flexibility index (Phi) is 6.45. The van der Waals surface area contributed by atoms with Crippen LogP contribution in [0.2, 0.25) is 0 Å². The highest BCUT2D eigenvalue weighted by Crippen LogP contribution is 2.21. The summed E-state index contributed by atoms with van der Waals surface area (Å²) in [5, 5.41) is 7.16. The van der Waals surface area contributed by atoms with E-state index >= 15 is 0 Å². The zero-order chi connectivity index (χ0) is 18.2. The van der Waals surface area contributed by atoms with E-state index in [1.54, 1.807) is 11.3 Å². The van der Waals surface area contributed by atoms with Gasteiger partial charge in [-0.15, -0.1) is 0 Å². The van der Waals surface area contributed by atoms with Gasteiger partial charge >= 0.3 is 0 Å². The molecule has 0 radical (unpaired) electrons. The largest absolute Gasteiger partial charge is 0.483 e. The fourth-order valence-electron chi connectivity index (χ4n) is 2.88. The molecule has 4 heteroatoms. The zero-order valence-corrected chi connectivity index (χ0v) is 15.7. The minimum atomic E-state index is -0.0951. The van der Waals surface area contributed by atoms with Crippen LogP contribution in [0.4, 0.5) is 0 Å². The highest BCUT2D eigenvalue weighted by molar-refractivity contribution is 7.07. The lowest BCUT2D eigenvalue weighted by atomic mass is 10.0. The van der Waals surface area contributed by atoms with Crippen LogP contribution in [0.5, 0.6) is 5.75 Å². The summed E-state index contributed by atoms with van der Waals surface area (Å²) in [4.78, 5) is 12.2. The lowest BCUT2D eigenvalue weighted by Gasteiger charge is -2.15. The van der Waals surface area contributed by atoms with Gasteiger partial charge in [-0.1, -0.05) is 48.5 Å². The summed E-state index contributed by atoms with van der Waals surface area (Å²) in [6, 6.07) is 20.3. The molecule has 1 heterocycles. The van der Waals surface area contributed by atoms with Crippen molar-refractivity contribution in [3.63, 3.8) is 0 Å². The maximum Gasteiger partial charge on any atom is 0.258 e. The van der Waals surface area contributed by atoms with E-state index in [9.17, 15) is 4.79 Å². The first kappa shape index (κ1) is 18.2. The number of thiophene rings is 1. The number of hydrogen-bond acceptors (Lipinski definition) is 3.